The predicted molar refractivity (Wildman–Crippen MR) is 282 cm³/mol. The number of ether oxygens (including phenoxy) is 12. The molecule has 2 aliphatic heterocycles. The second-order valence-electron chi connectivity index (χ2n) is 18.0. The van der Waals surface area contributed by atoms with Crippen LogP contribution in [0.25, 0.3) is 0 Å². The number of aliphatic hydroxyl groups excluding tert-OH is 1. The van der Waals surface area contributed by atoms with Crippen molar-refractivity contribution in [3.05, 3.63) is 215 Å². The van der Waals surface area contributed by atoms with Gasteiger partial charge >= 0.3 is 0 Å². The fourth-order valence-electron chi connectivity index (χ4n) is 8.80. The Hall–Kier alpha value is -4.72. The fraction of sp³-hybridized carbons (Fsp3) is 0.400. The van der Waals surface area contributed by atoms with Crippen molar-refractivity contribution in [1.82, 2.24) is 0 Å². The van der Waals surface area contributed by atoms with Crippen molar-refractivity contribution in [2.75, 3.05) is 51.6 Å². The van der Waals surface area contributed by atoms with Crippen LogP contribution in [0.15, 0.2) is 182 Å². The number of rotatable bonds is 31. The van der Waals surface area contributed by atoms with E-state index in [4.69, 9.17) is 56.8 Å². The highest BCUT2D eigenvalue weighted by Gasteiger charge is 2.50. The summed E-state index contributed by atoms with van der Waals surface area (Å²) >= 11 is 3.45. The van der Waals surface area contributed by atoms with Crippen LogP contribution < -0.4 is 0 Å². The first-order valence-corrected chi connectivity index (χ1v) is 26.6. The van der Waals surface area contributed by atoms with E-state index in [2.05, 4.69) is 15.9 Å². The maximum absolute atomic E-state index is 12.2. The van der Waals surface area contributed by atoms with Crippen LogP contribution in [0, 0.1) is 0 Å². The Balaban J connectivity index is 1.01. The van der Waals surface area contributed by atoms with Gasteiger partial charge in [-0.15, -0.1) is 0 Å². The third kappa shape index (κ3) is 17.7. The topological polar surface area (TPSA) is 131 Å². The Kier molecular flexibility index (Phi) is 23.5. The molecule has 6 aromatic rings. The molecule has 2 saturated heterocycles. The molecule has 394 valence electrons. The maximum atomic E-state index is 12.2. The molecule has 0 spiro atoms. The van der Waals surface area contributed by atoms with Gasteiger partial charge in [0, 0.05) is 5.33 Å². The average Bonchev–Trinajstić information content (AvgIpc) is 3.45. The molecule has 0 unspecified atom stereocenters. The second kappa shape index (κ2) is 31.4. The van der Waals surface area contributed by atoms with Gasteiger partial charge in [-0.25, -0.2) is 0 Å². The summed E-state index contributed by atoms with van der Waals surface area (Å²) in [6.45, 7) is 3.20. The fourth-order valence-corrected chi connectivity index (χ4v) is 9.03. The van der Waals surface area contributed by atoms with Crippen LogP contribution in [0.5, 0.6) is 0 Å². The molecule has 0 aromatic heterocycles. The van der Waals surface area contributed by atoms with E-state index >= 15 is 0 Å². The van der Waals surface area contributed by atoms with Gasteiger partial charge in [0.05, 0.1) is 85.9 Å². The summed E-state index contributed by atoms with van der Waals surface area (Å²) < 4.78 is 78.5. The van der Waals surface area contributed by atoms with Crippen molar-refractivity contribution in [3.8, 4) is 0 Å². The van der Waals surface area contributed by atoms with Crippen LogP contribution in [-0.2, 0) is 96.5 Å². The lowest BCUT2D eigenvalue weighted by Crippen LogP contribution is -2.62. The summed E-state index contributed by atoms with van der Waals surface area (Å²) in [5, 5.41) is 12.8. The smallest absolute Gasteiger partial charge is 0.187 e. The van der Waals surface area contributed by atoms with E-state index in [9.17, 15) is 5.11 Å². The van der Waals surface area contributed by atoms with Crippen molar-refractivity contribution < 1.29 is 61.9 Å². The van der Waals surface area contributed by atoms with Gasteiger partial charge in [-0.3, -0.25) is 0 Å². The van der Waals surface area contributed by atoms with E-state index in [-0.39, 0.29) is 52.9 Å². The third-order valence-corrected chi connectivity index (χ3v) is 12.9. The Labute approximate surface area is 443 Å². The Morgan fingerprint density at radius 3 is 1.08 bits per heavy atom. The summed E-state index contributed by atoms with van der Waals surface area (Å²) in [7, 11) is 0. The summed E-state index contributed by atoms with van der Waals surface area (Å²) in [5.41, 5.74) is 5.92. The molecule has 0 radical (unpaired) electrons. The van der Waals surface area contributed by atoms with Gasteiger partial charge in [-0.05, 0) is 33.4 Å². The minimum atomic E-state index is -1.25. The first-order valence-electron chi connectivity index (χ1n) is 25.4. The molecule has 2 fully saturated rings. The first-order chi connectivity index (χ1) is 36.6. The van der Waals surface area contributed by atoms with E-state index in [0.29, 0.717) is 38.4 Å². The molecule has 13 nitrogen and oxygen atoms in total. The van der Waals surface area contributed by atoms with Crippen LogP contribution in [-0.4, -0.2) is 118 Å². The van der Waals surface area contributed by atoms with Crippen molar-refractivity contribution in [1.29, 1.82) is 0 Å². The molecule has 0 bridgehead atoms. The Morgan fingerprint density at radius 1 is 0.324 bits per heavy atom. The molecule has 10 atom stereocenters. The molecule has 0 saturated carbocycles. The summed E-state index contributed by atoms with van der Waals surface area (Å²) in [5.74, 6) is 0. The van der Waals surface area contributed by atoms with Gasteiger partial charge in [-0.1, -0.05) is 198 Å². The standard InChI is InChI=1S/C60H69BrO13/c61-31-32-63-33-34-66-58-57(72-42-50-29-17-6-18-30-50)55(70-40-48-25-13-4-14-26-48)52(44-65-38-46-21-9-2-10-22-46)74-60(58)68-36-35-67-59-53(62)56(71-41-49-27-15-5-16-28-49)54(69-39-47-23-11-3-12-24-47)51(73-59)43-64-37-45-19-7-1-8-20-45/h1-30,51-60,62H,31-44H2/t51-,52-,53-,54-,55-,56-,57+,58-,59-,60-/m1/s1. The summed E-state index contributed by atoms with van der Waals surface area (Å²) in [6.07, 6.45) is -8.37. The zero-order valence-electron chi connectivity index (χ0n) is 41.7. The van der Waals surface area contributed by atoms with E-state index in [1.54, 1.807) is 0 Å². The van der Waals surface area contributed by atoms with Crippen LogP contribution in [0.3, 0.4) is 0 Å². The summed E-state index contributed by atoms with van der Waals surface area (Å²) in [4.78, 5) is 0. The monoisotopic (exact) mass is 1080 g/mol. The van der Waals surface area contributed by atoms with E-state index in [1.807, 2.05) is 182 Å². The SMILES string of the molecule is O[C@H]1[C@H](OCCO[C@@H]2O[C@H](COCc3ccccc3)[C@@H](OCc3ccccc3)[C@H](OCc3ccccc3)[C@H]2OCCOCCBr)O[C@H](COCc2ccccc2)[C@@H](OCc2ccccc2)[C@@H]1OCc1ccccc1. The van der Waals surface area contributed by atoms with Crippen LogP contribution >= 0.6 is 15.9 Å². The zero-order valence-corrected chi connectivity index (χ0v) is 43.3. The Bertz CT molecular complexity index is 2380. The molecule has 74 heavy (non-hydrogen) atoms. The number of halogens is 1. The first kappa shape index (κ1) is 55.5. The predicted octanol–water partition coefficient (Wildman–Crippen LogP) is 9.40. The van der Waals surface area contributed by atoms with Crippen molar-refractivity contribution in [2.24, 2.45) is 0 Å². The quantitative estimate of drug-likeness (QED) is 0.0328. The minimum Gasteiger partial charge on any atom is -0.385 e. The number of hydrogen-bond acceptors (Lipinski definition) is 13. The molecule has 14 heteroatoms. The van der Waals surface area contributed by atoms with Crippen LogP contribution in [0.2, 0.25) is 0 Å². The van der Waals surface area contributed by atoms with Gasteiger partial charge < -0.3 is 61.9 Å². The highest BCUT2D eigenvalue weighted by Crippen LogP contribution is 2.33. The van der Waals surface area contributed by atoms with Gasteiger partial charge in [0.15, 0.2) is 12.6 Å². The average molecular weight is 1080 g/mol. The number of hydrogen-bond donors (Lipinski definition) is 1. The summed E-state index contributed by atoms with van der Waals surface area (Å²) in [6, 6.07) is 59.6. The zero-order chi connectivity index (χ0) is 50.8. The number of aliphatic hydroxyl groups is 1. The number of benzene rings is 6. The van der Waals surface area contributed by atoms with E-state index in [0.717, 1.165) is 33.4 Å². The van der Waals surface area contributed by atoms with Crippen LogP contribution in [0.4, 0.5) is 0 Å². The lowest BCUT2D eigenvalue weighted by molar-refractivity contribution is -0.337. The maximum Gasteiger partial charge on any atom is 0.187 e. The molecule has 2 heterocycles. The molecule has 0 amide bonds. The highest BCUT2D eigenvalue weighted by atomic mass is 79.9. The largest absolute Gasteiger partial charge is 0.385 e. The van der Waals surface area contributed by atoms with Crippen molar-refractivity contribution in [2.45, 2.75) is 101 Å². The second-order valence-corrected chi connectivity index (χ2v) is 18.8. The molecule has 1 N–H and O–H groups in total. The van der Waals surface area contributed by atoms with E-state index < -0.39 is 61.4 Å². The third-order valence-electron chi connectivity index (χ3n) is 12.5. The molecule has 0 aliphatic carbocycles. The minimum absolute atomic E-state index is 0.000145. The molecular formula is C60H69BrO13. The van der Waals surface area contributed by atoms with Crippen LogP contribution in [0.1, 0.15) is 33.4 Å². The van der Waals surface area contributed by atoms with Gasteiger partial charge in [-0.2, -0.15) is 0 Å². The Morgan fingerprint density at radius 2 is 0.662 bits per heavy atom. The molecule has 8 rings (SSSR count). The molecular weight excluding hydrogens is 1010 g/mol. The number of alkyl halides is 1. The molecule has 6 aromatic carbocycles. The lowest BCUT2D eigenvalue weighted by Gasteiger charge is -2.46. The van der Waals surface area contributed by atoms with E-state index in [1.165, 1.54) is 0 Å². The lowest BCUT2D eigenvalue weighted by atomic mass is 9.98. The van der Waals surface area contributed by atoms with Gasteiger partial charge in [0.25, 0.3) is 0 Å². The molecule has 2 aliphatic rings. The van der Waals surface area contributed by atoms with Gasteiger partial charge in [0.2, 0.25) is 0 Å². The van der Waals surface area contributed by atoms with Crippen molar-refractivity contribution >= 4 is 15.9 Å². The van der Waals surface area contributed by atoms with Gasteiger partial charge in [0.1, 0.15) is 48.8 Å². The van der Waals surface area contributed by atoms with Crippen molar-refractivity contribution in [3.63, 3.8) is 0 Å². The highest BCUT2D eigenvalue weighted by molar-refractivity contribution is 9.09. The normalized spacial score (nSPS) is 23.9.